The molecule has 0 radical (unpaired) electrons. The van der Waals surface area contributed by atoms with E-state index in [9.17, 15) is 9.59 Å². The molecule has 4 fully saturated rings. The third-order valence-electron chi connectivity index (χ3n) is 4.87. The second-order valence-corrected chi connectivity index (χ2v) is 6.65. The summed E-state index contributed by atoms with van der Waals surface area (Å²) in [6.45, 7) is 5.02. The van der Waals surface area contributed by atoms with Crippen LogP contribution < -0.4 is 0 Å². The van der Waals surface area contributed by atoms with Crippen LogP contribution in [0.1, 0.15) is 39.0 Å². The van der Waals surface area contributed by atoms with E-state index < -0.39 is 48.4 Å². The number of carbonyl (C=O) groups excluding carboxylic acids is 2. The van der Waals surface area contributed by atoms with Gasteiger partial charge in [-0.25, -0.2) is 9.59 Å². The largest absolute Gasteiger partial charge is 0.454 e. The van der Waals surface area contributed by atoms with Gasteiger partial charge in [-0.3, -0.25) is 0 Å². The fraction of sp³-hybridized carbons (Fsp3) is 0.750. The predicted octanol–water partition coefficient (Wildman–Crippen LogP) is 1.20. The zero-order valence-corrected chi connectivity index (χ0v) is 13.0. The molecule has 0 aromatic heterocycles. The average Bonchev–Trinajstić information content (AvgIpc) is 3.10. The van der Waals surface area contributed by atoms with E-state index in [1.54, 1.807) is 0 Å². The molecule has 23 heavy (non-hydrogen) atoms. The van der Waals surface area contributed by atoms with Crippen molar-refractivity contribution in [2.24, 2.45) is 0 Å². The maximum absolute atomic E-state index is 12.0. The highest BCUT2D eigenvalue weighted by Gasteiger charge is 2.65. The van der Waals surface area contributed by atoms with Crippen molar-refractivity contribution in [3.63, 3.8) is 0 Å². The highest BCUT2D eigenvalue weighted by Crippen LogP contribution is 2.48. The molecule has 5 unspecified atom stereocenters. The molecule has 1 spiro atoms. The summed E-state index contributed by atoms with van der Waals surface area (Å²) in [7, 11) is 0. The van der Waals surface area contributed by atoms with E-state index in [0.717, 1.165) is 25.7 Å². The third kappa shape index (κ3) is 2.38. The first kappa shape index (κ1) is 15.1. The average molecular weight is 324 g/mol. The molecule has 4 rings (SSSR count). The van der Waals surface area contributed by atoms with Gasteiger partial charge in [0.05, 0.1) is 0 Å². The van der Waals surface area contributed by atoms with Crippen molar-refractivity contribution in [2.45, 2.75) is 75.5 Å². The summed E-state index contributed by atoms with van der Waals surface area (Å²) in [4.78, 5) is 23.7. The fourth-order valence-electron chi connectivity index (χ4n) is 3.73. The molecule has 4 aliphatic rings. The highest BCUT2D eigenvalue weighted by atomic mass is 16.9. The predicted molar refractivity (Wildman–Crippen MR) is 75.0 cm³/mol. The monoisotopic (exact) mass is 324 g/mol. The molecule has 3 aliphatic heterocycles. The van der Waals surface area contributed by atoms with Crippen LogP contribution in [0.5, 0.6) is 0 Å². The van der Waals surface area contributed by atoms with Crippen LogP contribution in [0.25, 0.3) is 0 Å². The number of rotatable bonds is 2. The first-order chi connectivity index (χ1) is 11.0. The second kappa shape index (κ2) is 5.29. The zero-order chi connectivity index (χ0) is 16.2. The Bertz CT molecular complexity index is 551. The molecule has 0 aromatic rings. The number of ether oxygens (including phenoxy) is 5. The van der Waals surface area contributed by atoms with E-state index >= 15 is 0 Å². The lowest BCUT2D eigenvalue weighted by molar-refractivity contribution is -0.245. The van der Waals surface area contributed by atoms with Gasteiger partial charge in [0.1, 0.15) is 6.10 Å². The van der Waals surface area contributed by atoms with Crippen LogP contribution in [0.3, 0.4) is 0 Å². The quantitative estimate of drug-likeness (QED) is 0.558. The summed E-state index contributed by atoms with van der Waals surface area (Å²) in [6.07, 6.45) is 1.48. The first-order valence-corrected chi connectivity index (χ1v) is 8.07. The molecular formula is C16H20O7. The Labute approximate surface area is 133 Å². The lowest BCUT2D eigenvalue weighted by atomic mass is 9.94. The molecule has 0 bridgehead atoms. The van der Waals surface area contributed by atoms with Gasteiger partial charge in [0.2, 0.25) is 6.10 Å². The van der Waals surface area contributed by atoms with E-state index in [4.69, 9.17) is 23.7 Å². The highest BCUT2D eigenvalue weighted by molar-refractivity contribution is 5.90. The second-order valence-electron chi connectivity index (χ2n) is 6.65. The Morgan fingerprint density at radius 2 is 1.91 bits per heavy atom. The smallest absolute Gasteiger partial charge is 0.350 e. The van der Waals surface area contributed by atoms with Crippen LogP contribution in [0.2, 0.25) is 0 Å². The van der Waals surface area contributed by atoms with Crippen LogP contribution in [0.4, 0.5) is 0 Å². The Morgan fingerprint density at radius 3 is 2.61 bits per heavy atom. The topological polar surface area (TPSA) is 80.3 Å². The van der Waals surface area contributed by atoms with E-state index in [-0.39, 0.29) is 5.57 Å². The van der Waals surface area contributed by atoms with E-state index in [1.807, 2.05) is 0 Å². The molecule has 126 valence electrons. The summed E-state index contributed by atoms with van der Waals surface area (Å²) < 4.78 is 28.4. The van der Waals surface area contributed by atoms with Gasteiger partial charge in [0, 0.05) is 18.4 Å². The number of hydrogen-bond donors (Lipinski definition) is 0. The van der Waals surface area contributed by atoms with Crippen molar-refractivity contribution in [1.29, 1.82) is 0 Å². The number of fused-ring (bicyclic) bond motifs is 3. The van der Waals surface area contributed by atoms with Crippen LogP contribution in [0, 0.1) is 0 Å². The molecule has 7 heteroatoms. The SMILES string of the molecule is C=C(C)C(=O)OC1C(=O)OC2C3OC4(CCCCC4)OC3OC12. The van der Waals surface area contributed by atoms with Crippen LogP contribution in [-0.4, -0.2) is 48.4 Å². The molecule has 3 heterocycles. The van der Waals surface area contributed by atoms with E-state index in [1.165, 1.54) is 13.3 Å². The summed E-state index contributed by atoms with van der Waals surface area (Å²) >= 11 is 0. The van der Waals surface area contributed by atoms with Crippen LogP contribution in [0.15, 0.2) is 12.2 Å². The van der Waals surface area contributed by atoms with Crippen molar-refractivity contribution in [2.75, 3.05) is 0 Å². The summed E-state index contributed by atoms with van der Waals surface area (Å²) in [6, 6.07) is 0. The molecule has 0 N–H and O–H groups in total. The van der Waals surface area contributed by atoms with Gasteiger partial charge >= 0.3 is 11.9 Å². The third-order valence-corrected chi connectivity index (χ3v) is 4.87. The maximum Gasteiger partial charge on any atom is 0.350 e. The maximum atomic E-state index is 12.0. The van der Waals surface area contributed by atoms with E-state index in [2.05, 4.69) is 6.58 Å². The summed E-state index contributed by atoms with van der Waals surface area (Å²) in [5.74, 6) is -1.86. The Morgan fingerprint density at radius 1 is 1.17 bits per heavy atom. The summed E-state index contributed by atoms with van der Waals surface area (Å²) in [5, 5.41) is 0. The molecular weight excluding hydrogens is 304 g/mol. The Hall–Kier alpha value is -1.44. The fourth-order valence-corrected chi connectivity index (χ4v) is 3.73. The first-order valence-electron chi connectivity index (χ1n) is 8.07. The minimum Gasteiger partial charge on any atom is -0.454 e. The number of esters is 2. The number of hydrogen-bond acceptors (Lipinski definition) is 7. The van der Waals surface area contributed by atoms with Gasteiger partial charge in [-0.2, -0.15) is 0 Å². The van der Waals surface area contributed by atoms with Crippen molar-refractivity contribution in [1.82, 2.24) is 0 Å². The van der Waals surface area contributed by atoms with Crippen LogP contribution >= 0.6 is 0 Å². The van der Waals surface area contributed by atoms with Crippen molar-refractivity contribution in [3.8, 4) is 0 Å². The molecule has 3 saturated heterocycles. The molecule has 0 aromatic carbocycles. The van der Waals surface area contributed by atoms with Crippen molar-refractivity contribution < 1.29 is 33.3 Å². The molecule has 7 nitrogen and oxygen atoms in total. The number of carbonyl (C=O) groups is 2. The van der Waals surface area contributed by atoms with Gasteiger partial charge in [0.25, 0.3) is 0 Å². The Balaban J connectivity index is 1.47. The lowest BCUT2D eigenvalue weighted by Crippen LogP contribution is -2.40. The zero-order valence-electron chi connectivity index (χ0n) is 13.0. The van der Waals surface area contributed by atoms with Gasteiger partial charge in [-0.05, 0) is 19.8 Å². The van der Waals surface area contributed by atoms with E-state index in [0.29, 0.717) is 0 Å². The molecule has 0 amide bonds. The molecule has 5 atom stereocenters. The molecule has 1 aliphatic carbocycles. The summed E-state index contributed by atoms with van der Waals surface area (Å²) in [5.41, 5.74) is 0.216. The van der Waals surface area contributed by atoms with Crippen molar-refractivity contribution >= 4 is 11.9 Å². The van der Waals surface area contributed by atoms with Crippen molar-refractivity contribution in [3.05, 3.63) is 12.2 Å². The van der Waals surface area contributed by atoms with Gasteiger partial charge in [0.15, 0.2) is 24.3 Å². The standard InChI is InChI=1S/C16H20O7/c1-8(2)13(17)20-11-9-10(19-14(11)18)12-15(21-9)23-16(22-12)6-4-3-5-7-16/h9-12,15H,1,3-7H2,2H3. The Kier molecular flexibility index (Phi) is 3.48. The van der Waals surface area contributed by atoms with Gasteiger partial charge in [-0.1, -0.05) is 13.0 Å². The normalized spacial score (nSPS) is 40.6. The van der Waals surface area contributed by atoms with Gasteiger partial charge in [-0.15, -0.1) is 0 Å². The minimum absolute atomic E-state index is 0.216. The van der Waals surface area contributed by atoms with Gasteiger partial charge < -0.3 is 23.7 Å². The molecule has 1 saturated carbocycles. The van der Waals surface area contributed by atoms with Crippen LogP contribution in [-0.2, 0) is 33.3 Å². The minimum atomic E-state index is -1.09. The lowest BCUT2D eigenvalue weighted by Gasteiger charge is -2.33.